The lowest BCUT2D eigenvalue weighted by Gasteiger charge is -2.13. The van der Waals surface area contributed by atoms with Gasteiger partial charge in [-0.2, -0.15) is 0 Å². The molecule has 6 nitrogen and oxygen atoms in total. The van der Waals surface area contributed by atoms with Crippen molar-refractivity contribution < 1.29 is 19.2 Å². The summed E-state index contributed by atoms with van der Waals surface area (Å²) in [5.74, 6) is -0.229. The second kappa shape index (κ2) is 5.29. The minimum atomic E-state index is -0.805. The molecule has 17 heavy (non-hydrogen) atoms. The van der Waals surface area contributed by atoms with Crippen LogP contribution in [0.2, 0.25) is 0 Å². The van der Waals surface area contributed by atoms with Crippen LogP contribution in [0.25, 0.3) is 0 Å². The van der Waals surface area contributed by atoms with Crippen LogP contribution in [-0.2, 0) is 9.53 Å². The smallest absolute Gasteiger partial charge is 0.346 e. The van der Waals surface area contributed by atoms with Crippen LogP contribution < -0.4 is 4.74 Å². The molecule has 0 bridgehead atoms. The lowest BCUT2D eigenvalue weighted by Crippen LogP contribution is -2.25. The molecule has 0 saturated carbocycles. The van der Waals surface area contributed by atoms with Gasteiger partial charge in [0.05, 0.1) is 17.6 Å². The van der Waals surface area contributed by atoms with Gasteiger partial charge in [0.1, 0.15) is 5.75 Å². The van der Waals surface area contributed by atoms with E-state index in [0.717, 1.165) is 0 Å². The zero-order valence-electron chi connectivity index (χ0n) is 9.80. The molecule has 6 heteroatoms. The summed E-state index contributed by atoms with van der Waals surface area (Å²) in [6, 6.07) is 4.46. The van der Waals surface area contributed by atoms with Crippen LogP contribution >= 0.6 is 0 Å². The van der Waals surface area contributed by atoms with Crippen molar-refractivity contribution in [1.82, 2.24) is 0 Å². The van der Waals surface area contributed by atoms with Gasteiger partial charge < -0.3 is 9.47 Å². The summed E-state index contributed by atoms with van der Waals surface area (Å²) < 4.78 is 9.81. The molecule has 1 aromatic rings. The largest absolute Gasteiger partial charge is 0.478 e. The molecule has 0 heterocycles. The number of methoxy groups -OCH3 is 1. The Balaban J connectivity index is 2.96. The fourth-order valence-corrected chi connectivity index (χ4v) is 1.33. The Morgan fingerprint density at radius 2 is 2.12 bits per heavy atom. The molecule has 0 aliphatic carbocycles. The van der Waals surface area contributed by atoms with Crippen molar-refractivity contribution in [3.8, 4) is 5.75 Å². The van der Waals surface area contributed by atoms with E-state index in [1.54, 1.807) is 13.0 Å². The number of hydrogen-bond acceptors (Lipinski definition) is 5. The Hall–Kier alpha value is -2.11. The van der Waals surface area contributed by atoms with Crippen LogP contribution in [0.5, 0.6) is 5.75 Å². The summed E-state index contributed by atoms with van der Waals surface area (Å²) in [6.45, 7) is 3.08. The number of hydrogen-bond donors (Lipinski definition) is 0. The molecule has 0 spiro atoms. The first-order valence-electron chi connectivity index (χ1n) is 4.96. The van der Waals surface area contributed by atoms with Gasteiger partial charge in [-0.3, -0.25) is 10.1 Å². The first-order valence-corrected chi connectivity index (χ1v) is 4.96. The zero-order valence-corrected chi connectivity index (χ0v) is 9.80. The van der Waals surface area contributed by atoms with Crippen LogP contribution in [0, 0.1) is 17.0 Å². The van der Waals surface area contributed by atoms with Gasteiger partial charge in [-0.05, 0) is 19.9 Å². The molecule has 0 aromatic heterocycles. The predicted molar refractivity (Wildman–Crippen MR) is 59.9 cm³/mol. The maximum atomic E-state index is 11.2. The standard InChI is InChI=1S/C11H13NO5/c1-7-9(12(14)15)5-4-6-10(7)17-8(2)11(13)16-3/h4-6,8H,1-3H3/t8-/m1/s1. The number of nitro groups is 1. The first-order chi connectivity index (χ1) is 7.97. The molecule has 0 N–H and O–H groups in total. The maximum absolute atomic E-state index is 11.2. The van der Waals surface area contributed by atoms with E-state index < -0.39 is 17.0 Å². The quantitative estimate of drug-likeness (QED) is 0.455. The number of nitrogens with zero attached hydrogens (tertiary/aromatic N) is 1. The molecule has 0 radical (unpaired) electrons. The second-order valence-corrected chi connectivity index (χ2v) is 3.44. The maximum Gasteiger partial charge on any atom is 0.346 e. The number of rotatable bonds is 4. The molecule has 92 valence electrons. The van der Waals surface area contributed by atoms with Gasteiger partial charge >= 0.3 is 5.97 Å². The van der Waals surface area contributed by atoms with Crippen LogP contribution in [-0.4, -0.2) is 24.1 Å². The summed E-state index contributed by atoms with van der Waals surface area (Å²) in [7, 11) is 1.25. The summed E-state index contributed by atoms with van der Waals surface area (Å²) in [4.78, 5) is 21.4. The highest BCUT2D eigenvalue weighted by atomic mass is 16.6. The van der Waals surface area contributed by atoms with Gasteiger partial charge in [-0.15, -0.1) is 0 Å². The van der Waals surface area contributed by atoms with Crippen LogP contribution in [0.3, 0.4) is 0 Å². The van der Waals surface area contributed by atoms with E-state index in [-0.39, 0.29) is 5.69 Å². The minimum absolute atomic E-state index is 0.0421. The highest BCUT2D eigenvalue weighted by Crippen LogP contribution is 2.27. The summed E-state index contributed by atoms with van der Waals surface area (Å²) >= 11 is 0. The SMILES string of the molecule is COC(=O)[C@@H](C)Oc1cccc([N+](=O)[O-])c1C. The summed E-state index contributed by atoms with van der Waals surface area (Å²) in [5, 5.41) is 10.7. The normalized spacial score (nSPS) is 11.7. The Morgan fingerprint density at radius 3 is 2.65 bits per heavy atom. The number of nitro benzene ring substituents is 1. The highest BCUT2D eigenvalue weighted by Gasteiger charge is 2.19. The molecule has 0 aliphatic heterocycles. The monoisotopic (exact) mass is 239 g/mol. The van der Waals surface area contributed by atoms with Crippen molar-refractivity contribution in [3.05, 3.63) is 33.9 Å². The Labute approximate surface area is 98.3 Å². The van der Waals surface area contributed by atoms with Crippen molar-refractivity contribution in [2.45, 2.75) is 20.0 Å². The fourth-order valence-electron chi connectivity index (χ4n) is 1.33. The molecule has 1 aromatic carbocycles. The molecule has 0 unspecified atom stereocenters. The number of ether oxygens (including phenoxy) is 2. The van der Waals surface area contributed by atoms with Gasteiger partial charge in [0.25, 0.3) is 5.69 Å². The van der Waals surface area contributed by atoms with E-state index in [0.29, 0.717) is 11.3 Å². The predicted octanol–water partition coefficient (Wildman–Crippen LogP) is 1.84. The van der Waals surface area contributed by atoms with E-state index in [1.807, 2.05) is 0 Å². The Kier molecular flexibility index (Phi) is 4.03. The van der Waals surface area contributed by atoms with Gasteiger partial charge in [0.15, 0.2) is 6.10 Å². The summed E-state index contributed by atoms with van der Waals surface area (Å²) in [5.41, 5.74) is 0.341. The highest BCUT2D eigenvalue weighted by molar-refractivity contribution is 5.74. The lowest BCUT2D eigenvalue weighted by atomic mass is 10.2. The van der Waals surface area contributed by atoms with Crippen molar-refractivity contribution in [1.29, 1.82) is 0 Å². The average Bonchev–Trinajstić information content (AvgIpc) is 2.30. The first kappa shape index (κ1) is 13.0. The topological polar surface area (TPSA) is 78.7 Å². The zero-order chi connectivity index (χ0) is 13.0. The van der Waals surface area contributed by atoms with E-state index in [1.165, 1.54) is 26.2 Å². The van der Waals surface area contributed by atoms with Crippen molar-refractivity contribution >= 4 is 11.7 Å². The van der Waals surface area contributed by atoms with Crippen molar-refractivity contribution in [2.75, 3.05) is 7.11 Å². The molecule has 1 atom stereocenters. The average molecular weight is 239 g/mol. The van der Waals surface area contributed by atoms with E-state index >= 15 is 0 Å². The second-order valence-electron chi connectivity index (χ2n) is 3.44. The van der Waals surface area contributed by atoms with Gasteiger partial charge in [-0.25, -0.2) is 4.79 Å². The van der Waals surface area contributed by atoms with E-state index in [4.69, 9.17) is 4.74 Å². The van der Waals surface area contributed by atoms with Crippen molar-refractivity contribution in [2.24, 2.45) is 0 Å². The third-order valence-electron chi connectivity index (χ3n) is 2.29. The van der Waals surface area contributed by atoms with Gasteiger partial charge in [0, 0.05) is 6.07 Å². The number of carbonyl (C=O) groups is 1. The van der Waals surface area contributed by atoms with E-state index in [9.17, 15) is 14.9 Å². The molecule has 1 rings (SSSR count). The molecular formula is C11H13NO5. The van der Waals surface area contributed by atoms with Crippen LogP contribution in [0.4, 0.5) is 5.69 Å². The van der Waals surface area contributed by atoms with Crippen LogP contribution in [0.1, 0.15) is 12.5 Å². The molecule has 0 fully saturated rings. The third-order valence-corrected chi connectivity index (χ3v) is 2.29. The Morgan fingerprint density at radius 1 is 1.47 bits per heavy atom. The van der Waals surface area contributed by atoms with Gasteiger partial charge in [0.2, 0.25) is 0 Å². The molecule has 0 saturated heterocycles. The Bertz CT molecular complexity index is 443. The molecular weight excluding hydrogens is 226 g/mol. The summed E-state index contributed by atoms with van der Waals surface area (Å²) in [6.07, 6.45) is -0.805. The molecule has 0 amide bonds. The lowest BCUT2D eigenvalue weighted by molar-refractivity contribution is -0.385. The fraction of sp³-hybridized carbons (Fsp3) is 0.364. The number of carbonyl (C=O) groups excluding carboxylic acids is 1. The minimum Gasteiger partial charge on any atom is -0.478 e. The molecule has 0 aliphatic rings. The van der Waals surface area contributed by atoms with Gasteiger partial charge in [-0.1, -0.05) is 6.07 Å². The third kappa shape index (κ3) is 2.93. The van der Waals surface area contributed by atoms with Crippen molar-refractivity contribution in [3.63, 3.8) is 0 Å². The van der Waals surface area contributed by atoms with E-state index in [2.05, 4.69) is 4.74 Å². The number of esters is 1. The van der Waals surface area contributed by atoms with Crippen LogP contribution in [0.15, 0.2) is 18.2 Å². The number of benzene rings is 1.